The fourth-order valence-electron chi connectivity index (χ4n) is 3.09. The predicted octanol–water partition coefficient (Wildman–Crippen LogP) is 4.04. The van der Waals surface area contributed by atoms with Gasteiger partial charge in [0.05, 0.1) is 28.9 Å². The zero-order valence-corrected chi connectivity index (χ0v) is 15.0. The second-order valence-electron chi connectivity index (χ2n) is 5.99. The number of nitrogens with two attached hydrogens (primary N) is 1. The molecule has 4 rings (SSSR count). The van der Waals surface area contributed by atoms with Gasteiger partial charge in [-0.05, 0) is 24.3 Å². The Kier molecular flexibility index (Phi) is 4.52. The van der Waals surface area contributed by atoms with Crippen molar-refractivity contribution in [1.29, 1.82) is 0 Å². The Morgan fingerprint density at radius 3 is 2.11 bits per heavy atom. The number of phenols is 1. The molecular weight excluding hydrogens is 382 g/mol. The minimum Gasteiger partial charge on any atom is -0.507 e. The third kappa shape index (κ3) is 2.89. The maximum Gasteiger partial charge on any atom is 0.198 e. The molecule has 0 aromatic heterocycles. The largest absolute Gasteiger partial charge is 0.507 e. The lowest BCUT2D eigenvalue weighted by Gasteiger charge is -2.21. The molecule has 3 aromatic rings. The maximum atomic E-state index is 12.9. The van der Waals surface area contributed by atoms with Crippen LogP contribution in [0.25, 0.3) is 0 Å². The number of carbonyl (C=O) groups excluding carboxylic acids is 2. The van der Waals surface area contributed by atoms with E-state index in [2.05, 4.69) is 4.33 Å². The molecule has 28 heavy (non-hydrogen) atoms. The van der Waals surface area contributed by atoms with E-state index in [1.165, 1.54) is 12.1 Å². The van der Waals surface area contributed by atoms with E-state index in [0.717, 1.165) is 12.0 Å². The minimum atomic E-state index is -0.466. The quantitative estimate of drug-likeness (QED) is 0.156. The number of anilines is 1. The molecule has 4 N–H and O–H groups in total. The molecular formula is C20H13NO6S. The molecule has 0 spiro atoms. The lowest BCUT2D eigenvalue weighted by Crippen LogP contribution is -2.22. The average molecular weight is 395 g/mol. The highest BCUT2D eigenvalue weighted by Gasteiger charge is 2.35. The molecule has 0 atom stereocenters. The number of benzene rings is 3. The predicted molar refractivity (Wildman–Crippen MR) is 102 cm³/mol. The van der Waals surface area contributed by atoms with Gasteiger partial charge in [-0.2, -0.15) is 4.33 Å². The summed E-state index contributed by atoms with van der Waals surface area (Å²) in [7, 11) is 0. The Labute approximate surface area is 163 Å². The lowest BCUT2D eigenvalue weighted by atomic mass is 9.82. The van der Waals surface area contributed by atoms with E-state index in [1.54, 1.807) is 42.5 Å². The molecule has 0 saturated heterocycles. The smallest absolute Gasteiger partial charge is 0.198 e. The number of ether oxygens (including phenoxy) is 1. The number of hydrogen-bond donors (Lipinski definition) is 3. The van der Waals surface area contributed by atoms with Crippen LogP contribution in [0, 0.1) is 0 Å². The molecule has 3 aromatic carbocycles. The number of aromatic hydroxyl groups is 1. The maximum absolute atomic E-state index is 12.9. The summed E-state index contributed by atoms with van der Waals surface area (Å²) in [6.45, 7) is 0. The number of ketones is 2. The minimum absolute atomic E-state index is 0.0298. The molecule has 0 bridgehead atoms. The summed E-state index contributed by atoms with van der Waals surface area (Å²) in [4.78, 5) is 26.3. The molecule has 0 radical (unpaired) electrons. The third-order valence-corrected chi connectivity index (χ3v) is 4.90. The van der Waals surface area contributed by atoms with Crippen LogP contribution >= 0.6 is 12.0 Å². The highest BCUT2D eigenvalue weighted by atomic mass is 32.2. The summed E-state index contributed by atoms with van der Waals surface area (Å²) in [5, 5.41) is 18.9. The third-order valence-electron chi connectivity index (χ3n) is 4.36. The van der Waals surface area contributed by atoms with Crippen LogP contribution in [0.3, 0.4) is 0 Å². The van der Waals surface area contributed by atoms with E-state index in [0.29, 0.717) is 10.6 Å². The van der Waals surface area contributed by atoms with Crippen LogP contribution in [0.1, 0.15) is 31.8 Å². The van der Waals surface area contributed by atoms with Crippen molar-refractivity contribution in [1.82, 2.24) is 0 Å². The van der Waals surface area contributed by atoms with E-state index < -0.39 is 11.6 Å². The summed E-state index contributed by atoms with van der Waals surface area (Å²) in [5.41, 5.74) is 6.37. The van der Waals surface area contributed by atoms with E-state index in [9.17, 15) is 14.7 Å². The van der Waals surface area contributed by atoms with Crippen LogP contribution < -0.4 is 10.5 Å². The van der Waals surface area contributed by atoms with E-state index in [-0.39, 0.29) is 39.4 Å². The summed E-state index contributed by atoms with van der Waals surface area (Å²) >= 11 is 0.762. The van der Waals surface area contributed by atoms with Gasteiger partial charge in [0.25, 0.3) is 0 Å². The number of carbonyl (C=O) groups is 2. The van der Waals surface area contributed by atoms with Gasteiger partial charge in [0, 0.05) is 22.1 Å². The topological polar surface area (TPSA) is 119 Å². The standard InChI is InChI=1S/C20H13NO6S/c21-18-15(26-10-5-7-11(8-6-10)28-27-25)9-14(22)16-17(18)20(24)13-4-2-1-3-12(13)19(16)23/h1-9,22,25H,21H2. The summed E-state index contributed by atoms with van der Waals surface area (Å²) in [5.74, 6) is -0.867. The van der Waals surface area contributed by atoms with Gasteiger partial charge < -0.3 is 15.6 Å². The van der Waals surface area contributed by atoms with Crippen molar-refractivity contribution in [3.05, 3.63) is 76.9 Å². The van der Waals surface area contributed by atoms with Crippen LogP contribution in [0.5, 0.6) is 17.2 Å². The Bertz CT molecular complexity index is 1110. The SMILES string of the molecule is Nc1c(Oc2ccc(SOO)cc2)cc(O)c2c1C(=O)c1ccccc1C2=O. The molecule has 1 aliphatic carbocycles. The van der Waals surface area contributed by atoms with Crippen molar-refractivity contribution < 1.29 is 29.0 Å². The fourth-order valence-corrected chi connectivity index (χ4v) is 3.43. The van der Waals surface area contributed by atoms with Crippen LogP contribution in [0.4, 0.5) is 5.69 Å². The van der Waals surface area contributed by atoms with Crippen molar-refractivity contribution in [2.45, 2.75) is 4.90 Å². The zero-order valence-electron chi connectivity index (χ0n) is 14.2. The number of rotatable bonds is 4. The molecule has 140 valence electrons. The Hall–Kier alpha value is -3.33. The van der Waals surface area contributed by atoms with Gasteiger partial charge in [0.2, 0.25) is 0 Å². The second-order valence-corrected chi connectivity index (χ2v) is 6.78. The van der Waals surface area contributed by atoms with Gasteiger partial charge in [-0.3, -0.25) is 9.59 Å². The van der Waals surface area contributed by atoms with Gasteiger partial charge >= 0.3 is 0 Å². The lowest BCUT2D eigenvalue weighted by molar-refractivity contribution is -0.116. The van der Waals surface area contributed by atoms with Crippen molar-refractivity contribution in [2.24, 2.45) is 0 Å². The van der Waals surface area contributed by atoms with Crippen molar-refractivity contribution in [3.8, 4) is 17.2 Å². The number of fused-ring (bicyclic) bond motifs is 2. The number of phenolic OH excluding ortho intramolecular Hbond substituents is 1. The first-order valence-electron chi connectivity index (χ1n) is 8.11. The first-order chi connectivity index (χ1) is 13.5. The molecule has 1 aliphatic rings. The Morgan fingerprint density at radius 2 is 1.50 bits per heavy atom. The molecule has 0 aliphatic heterocycles. The van der Waals surface area contributed by atoms with Gasteiger partial charge in [0.1, 0.15) is 11.5 Å². The van der Waals surface area contributed by atoms with E-state index in [1.807, 2.05) is 0 Å². The molecule has 0 fully saturated rings. The average Bonchev–Trinajstić information content (AvgIpc) is 2.70. The van der Waals surface area contributed by atoms with Crippen LogP contribution in [0.15, 0.2) is 59.5 Å². The number of hydrogen-bond acceptors (Lipinski definition) is 8. The molecule has 8 heteroatoms. The molecule has 7 nitrogen and oxygen atoms in total. The number of nitrogen functional groups attached to an aromatic ring is 1. The summed E-state index contributed by atoms with van der Waals surface area (Å²) < 4.78 is 9.69. The van der Waals surface area contributed by atoms with Gasteiger partial charge in [-0.15, -0.1) is 0 Å². The molecule has 0 saturated carbocycles. The van der Waals surface area contributed by atoms with Crippen LogP contribution in [-0.2, 0) is 4.33 Å². The van der Waals surface area contributed by atoms with Crippen molar-refractivity contribution in [3.63, 3.8) is 0 Å². The summed E-state index contributed by atoms with van der Waals surface area (Å²) in [6, 6.07) is 14.1. The Morgan fingerprint density at radius 1 is 0.893 bits per heavy atom. The molecule has 0 unspecified atom stereocenters. The zero-order chi connectivity index (χ0) is 19.8. The fraction of sp³-hybridized carbons (Fsp3) is 0. The molecule has 0 amide bonds. The second kappa shape index (κ2) is 7.01. The van der Waals surface area contributed by atoms with E-state index >= 15 is 0 Å². The van der Waals surface area contributed by atoms with Crippen molar-refractivity contribution in [2.75, 3.05) is 5.73 Å². The first-order valence-corrected chi connectivity index (χ1v) is 8.85. The van der Waals surface area contributed by atoms with Crippen molar-refractivity contribution >= 4 is 29.3 Å². The monoisotopic (exact) mass is 395 g/mol. The van der Waals surface area contributed by atoms with Crippen LogP contribution in [-0.4, -0.2) is 21.9 Å². The first kappa shape index (κ1) is 18.1. The highest BCUT2D eigenvalue weighted by molar-refractivity contribution is 7.94. The van der Waals surface area contributed by atoms with Gasteiger partial charge in [0.15, 0.2) is 17.3 Å². The van der Waals surface area contributed by atoms with Gasteiger partial charge in [-0.25, -0.2) is 5.26 Å². The Balaban J connectivity index is 1.77. The van der Waals surface area contributed by atoms with Crippen LogP contribution in [0.2, 0.25) is 0 Å². The van der Waals surface area contributed by atoms with Gasteiger partial charge in [-0.1, -0.05) is 24.3 Å². The summed E-state index contributed by atoms with van der Waals surface area (Å²) in [6.07, 6.45) is 0. The highest BCUT2D eigenvalue weighted by Crippen LogP contribution is 2.42. The normalized spacial score (nSPS) is 12.5. The van der Waals surface area contributed by atoms with E-state index in [4.69, 9.17) is 15.7 Å². The molecule has 0 heterocycles.